The monoisotopic (exact) mass is 320 g/mol. The summed E-state index contributed by atoms with van der Waals surface area (Å²) in [6.45, 7) is 2.17. The van der Waals surface area contributed by atoms with E-state index in [1.807, 2.05) is 30.3 Å². The highest BCUT2D eigenvalue weighted by molar-refractivity contribution is 7.92. The molecule has 5 heteroatoms. The first-order chi connectivity index (χ1) is 10.6. The van der Waals surface area contributed by atoms with Crippen molar-refractivity contribution in [2.24, 2.45) is 0 Å². The molecule has 0 saturated carbocycles. The molecule has 0 amide bonds. The van der Waals surface area contributed by atoms with Crippen LogP contribution in [0, 0.1) is 0 Å². The highest BCUT2D eigenvalue weighted by atomic mass is 32.2. The lowest BCUT2D eigenvalue weighted by Crippen LogP contribution is -2.16. The van der Waals surface area contributed by atoms with Gasteiger partial charge in [-0.15, -0.1) is 0 Å². The molecule has 1 heterocycles. The van der Waals surface area contributed by atoms with Crippen LogP contribution in [0.2, 0.25) is 0 Å². The van der Waals surface area contributed by atoms with E-state index < -0.39 is 10.0 Å². The lowest BCUT2D eigenvalue weighted by molar-refractivity contribution is 0.588. The van der Waals surface area contributed by atoms with Crippen LogP contribution in [0.1, 0.15) is 45.4 Å². The van der Waals surface area contributed by atoms with Crippen molar-refractivity contribution in [1.82, 2.24) is 4.98 Å². The average molecular weight is 320 g/mol. The number of aromatic nitrogens is 1. The molecule has 0 atom stereocenters. The number of nitrogens with zero attached hydrogens (tertiary/aromatic N) is 1. The molecule has 1 aromatic heterocycles. The molecule has 0 fully saturated rings. The number of anilines is 1. The third kappa shape index (κ3) is 5.30. The standard InChI is InChI=1S/C17H24N2O2S/c1-2-3-4-5-6-9-12-22(20,21)19-16-13-15-10-7-8-11-17(15)18-14-16/h7-8,10-11,13-14,19H,2-6,9,12H2,1H3. The van der Waals surface area contributed by atoms with Crippen LogP contribution in [0.5, 0.6) is 0 Å². The zero-order valence-electron chi connectivity index (χ0n) is 13.1. The van der Waals surface area contributed by atoms with Gasteiger partial charge in [0, 0.05) is 5.39 Å². The average Bonchev–Trinajstić information content (AvgIpc) is 2.50. The first kappa shape index (κ1) is 16.7. The molecule has 1 aromatic carbocycles. The highest BCUT2D eigenvalue weighted by Gasteiger charge is 2.10. The first-order valence-corrected chi connectivity index (χ1v) is 9.61. The second-order valence-electron chi connectivity index (χ2n) is 5.61. The number of rotatable bonds is 9. The van der Waals surface area contributed by atoms with Crippen LogP contribution in [0.4, 0.5) is 5.69 Å². The lowest BCUT2D eigenvalue weighted by Gasteiger charge is -2.08. The number of unbranched alkanes of at least 4 members (excludes halogenated alkanes) is 5. The molecular formula is C17H24N2O2S. The first-order valence-electron chi connectivity index (χ1n) is 7.96. The van der Waals surface area contributed by atoms with Gasteiger partial charge in [-0.2, -0.15) is 0 Å². The Bertz CT molecular complexity index is 699. The number of benzene rings is 1. The number of hydrogen-bond donors (Lipinski definition) is 1. The molecule has 0 unspecified atom stereocenters. The third-order valence-corrected chi connectivity index (χ3v) is 5.00. The van der Waals surface area contributed by atoms with Crippen molar-refractivity contribution in [2.75, 3.05) is 10.5 Å². The molecule has 4 nitrogen and oxygen atoms in total. The Morgan fingerprint density at radius 1 is 1.05 bits per heavy atom. The molecule has 0 spiro atoms. The van der Waals surface area contributed by atoms with Gasteiger partial charge in [-0.25, -0.2) is 8.42 Å². The van der Waals surface area contributed by atoms with E-state index >= 15 is 0 Å². The van der Waals surface area contributed by atoms with E-state index in [-0.39, 0.29) is 5.75 Å². The number of nitrogens with one attached hydrogen (secondary N) is 1. The van der Waals surface area contributed by atoms with Crippen molar-refractivity contribution in [2.45, 2.75) is 45.4 Å². The Hall–Kier alpha value is -1.62. The van der Waals surface area contributed by atoms with Crippen LogP contribution in [-0.4, -0.2) is 19.2 Å². The predicted molar refractivity (Wildman–Crippen MR) is 92.5 cm³/mol. The Labute approximate surface area is 133 Å². The van der Waals surface area contributed by atoms with Gasteiger partial charge in [-0.3, -0.25) is 9.71 Å². The van der Waals surface area contributed by atoms with Crippen molar-refractivity contribution >= 4 is 26.6 Å². The molecule has 0 aliphatic carbocycles. The summed E-state index contributed by atoms with van der Waals surface area (Å²) in [6.07, 6.45) is 7.99. The molecule has 0 saturated heterocycles. The summed E-state index contributed by atoms with van der Waals surface area (Å²) in [5.74, 6) is 0.173. The molecule has 22 heavy (non-hydrogen) atoms. The van der Waals surface area contributed by atoms with Crippen molar-refractivity contribution in [3.8, 4) is 0 Å². The number of pyridine rings is 1. The number of fused-ring (bicyclic) bond motifs is 1. The summed E-state index contributed by atoms with van der Waals surface area (Å²) < 4.78 is 26.8. The van der Waals surface area contributed by atoms with Crippen LogP contribution in [-0.2, 0) is 10.0 Å². The van der Waals surface area contributed by atoms with E-state index in [9.17, 15) is 8.42 Å². The molecule has 0 radical (unpaired) electrons. The van der Waals surface area contributed by atoms with E-state index in [0.29, 0.717) is 12.1 Å². The summed E-state index contributed by atoms with van der Waals surface area (Å²) in [6, 6.07) is 9.48. The van der Waals surface area contributed by atoms with E-state index in [1.165, 1.54) is 19.3 Å². The number of sulfonamides is 1. The Morgan fingerprint density at radius 2 is 1.77 bits per heavy atom. The van der Waals surface area contributed by atoms with Crippen LogP contribution in [0.25, 0.3) is 10.9 Å². The second kappa shape index (κ2) is 8.13. The maximum absolute atomic E-state index is 12.1. The van der Waals surface area contributed by atoms with Gasteiger partial charge in [0.15, 0.2) is 0 Å². The van der Waals surface area contributed by atoms with Crippen molar-refractivity contribution in [3.05, 3.63) is 36.5 Å². The largest absolute Gasteiger partial charge is 0.282 e. The highest BCUT2D eigenvalue weighted by Crippen LogP contribution is 2.17. The molecule has 0 aliphatic rings. The fourth-order valence-electron chi connectivity index (χ4n) is 2.43. The SMILES string of the molecule is CCCCCCCCS(=O)(=O)Nc1cnc2ccccc2c1. The van der Waals surface area contributed by atoms with Gasteiger partial charge in [-0.05, 0) is 18.6 Å². The van der Waals surface area contributed by atoms with Crippen LogP contribution < -0.4 is 4.72 Å². The van der Waals surface area contributed by atoms with Crippen LogP contribution in [0.3, 0.4) is 0 Å². The summed E-state index contributed by atoms with van der Waals surface area (Å²) in [5.41, 5.74) is 1.39. The molecule has 0 bridgehead atoms. The topological polar surface area (TPSA) is 59.1 Å². The quantitative estimate of drug-likeness (QED) is 0.699. The van der Waals surface area contributed by atoms with Gasteiger partial charge in [0.2, 0.25) is 10.0 Å². The Morgan fingerprint density at radius 3 is 2.59 bits per heavy atom. The van der Waals surface area contributed by atoms with Crippen molar-refractivity contribution in [1.29, 1.82) is 0 Å². The summed E-state index contributed by atoms with van der Waals surface area (Å²) in [7, 11) is -3.29. The minimum absolute atomic E-state index is 0.173. The Kier molecular flexibility index (Phi) is 6.19. The normalized spacial score (nSPS) is 11.7. The maximum Gasteiger partial charge on any atom is 0.232 e. The minimum atomic E-state index is -3.29. The zero-order valence-corrected chi connectivity index (χ0v) is 13.9. The van der Waals surface area contributed by atoms with Gasteiger partial charge in [0.1, 0.15) is 0 Å². The lowest BCUT2D eigenvalue weighted by atomic mass is 10.1. The summed E-state index contributed by atoms with van der Waals surface area (Å²) >= 11 is 0. The van der Waals surface area contributed by atoms with E-state index in [4.69, 9.17) is 0 Å². The van der Waals surface area contributed by atoms with Gasteiger partial charge in [0.25, 0.3) is 0 Å². The smallest absolute Gasteiger partial charge is 0.232 e. The van der Waals surface area contributed by atoms with Crippen LogP contribution in [0.15, 0.2) is 36.5 Å². The fraction of sp³-hybridized carbons (Fsp3) is 0.471. The molecular weight excluding hydrogens is 296 g/mol. The molecule has 120 valence electrons. The van der Waals surface area contributed by atoms with E-state index in [0.717, 1.165) is 23.7 Å². The number of para-hydroxylation sites is 1. The molecule has 0 aliphatic heterocycles. The summed E-state index contributed by atoms with van der Waals surface area (Å²) in [5, 5.41) is 0.933. The minimum Gasteiger partial charge on any atom is -0.282 e. The van der Waals surface area contributed by atoms with Gasteiger partial charge in [0.05, 0.1) is 23.2 Å². The van der Waals surface area contributed by atoms with Crippen molar-refractivity contribution < 1.29 is 8.42 Å². The fourth-order valence-corrected chi connectivity index (χ4v) is 3.59. The van der Waals surface area contributed by atoms with Gasteiger partial charge >= 0.3 is 0 Å². The van der Waals surface area contributed by atoms with E-state index in [1.54, 1.807) is 6.20 Å². The molecule has 2 aromatic rings. The molecule has 2 rings (SSSR count). The zero-order chi connectivity index (χ0) is 15.8. The third-order valence-electron chi connectivity index (χ3n) is 3.63. The number of hydrogen-bond acceptors (Lipinski definition) is 3. The summed E-state index contributed by atoms with van der Waals surface area (Å²) in [4.78, 5) is 4.27. The van der Waals surface area contributed by atoms with Crippen molar-refractivity contribution in [3.63, 3.8) is 0 Å². The Balaban J connectivity index is 1.87. The van der Waals surface area contributed by atoms with Gasteiger partial charge in [-0.1, -0.05) is 57.2 Å². The van der Waals surface area contributed by atoms with Crippen LogP contribution >= 0.6 is 0 Å². The maximum atomic E-state index is 12.1. The second-order valence-corrected chi connectivity index (χ2v) is 7.45. The van der Waals surface area contributed by atoms with Gasteiger partial charge < -0.3 is 0 Å². The molecule has 1 N–H and O–H groups in total. The predicted octanol–water partition coefficient (Wildman–Crippen LogP) is 4.34. The van der Waals surface area contributed by atoms with E-state index in [2.05, 4.69) is 16.6 Å².